The summed E-state index contributed by atoms with van der Waals surface area (Å²) in [7, 11) is 0. The smallest absolute Gasteiger partial charge is 0.306 e. The van der Waals surface area contributed by atoms with Gasteiger partial charge >= 0.3 is 5.97 Å². The molecule has 30 heavy (non-hydrogen) atoms. The van der Waals surface area contributed by atoms with Crippen LogP contribution in [-0.2, 0) is 19.1 Å². The van der Waals surface area contributed by atoms with Gasteiger partial charge in [-0.2, -0.15) is 0 Å². The fourth-order valence-corrected chi connectivity index (χ4v) is 3.81. The first kappa shape index (κ1) is 21.8. The van der Waals surface area contributed by atoms with Crippen LogP contribution in [0.1, 0.15) is 62.2 Å². The van der Waals surface area contributed by atoms with Gasteiger partial charge in [0, 0.05) is 18.0 Å². The number of ketones is 1. The fourth-order valence-electron chi connectivity index (χ4n) is 3.81. The van der Waals surface area contributed by atoms with E-state index in [4.69, 9.17) is 9.47 Å². The number of nitrogens with one attached hydrogen (secondary N) is 1. The Morgan fingerprint density at radius 1 is 1.17 bits per heavy atom. The van der Waals surface area contributed by atoms with Crippen LogP contribution in [0.15, 0.2) is 18.2 Å². The van der Waals surface area contributed by atoms with E-state index in [1.165, 1.54) is 11.3 Å². The molecule has 1 saturated carbocycles. The van der Waals surface area contributed by atoms with Crippen LogP contribution < -0.4 is 15.0 Å². The SMILES string of the molecule is CCOC(=O)CCC(=O)c1ccc2c(c1)N(CC(=O)NC1CCCCC1)C(=O)CO2. The van der Waals surface area contributed by atoms with E-state index in [9.17, 15) is 19.2 Å². The molecular formula is C22H28N2O6. The first-order valence-electron chi connectivity index (χ1n) is 10.5. The molecule has 1 N–H and O–H groups in total. The second-order valence-corrected chi connectivity index (χ2v) is 7.58. The number of amides is 2. The van der Waals surface area contributed by atoms with Gasteiger partial charge in [0.05, 0.1) is 18.7 Å². The number of esters is 1. The summed E-state index contributed by atoms with van der Waals surface area (Å²) in [4.78, 5) is 50.3. The highest BCUT2D eigenvalue weighted by atomic mass is 16.5. The van der Waals surface area contributed by atoms with Crippen molar-refractivity contribution in [3.63, 3.8) is 0 Å². The van der Waals surface area contributed by atoms with Gasteiger partial charge in [0.2, 0.25) is 5.91 Å². The zero-order valence-corrected chi connectivity index (χ0v) is 17.3. The average Bonchev–Trinajstić information content (AvgIpc) is 2.74. The molecule has 8 nitrogen and oxygen atoms in total. The van der Waals surface area contributed by atoms with Gasteiger partial charge in [-0.1, -0.05) is 19.3 Å². The number of benzene rings is 1. The normalized spacial score (nSPS) is 16.4. The molecule has 8 heteroatoms. The number of Topliss-reactive ketones (excluding diaryl/α,β-unsaturated/α-hetero) is 1. The number of carbonyl (C=O) groups is 4. The number of hydrogen-bond acceptors (Lipinski definition) is 6. The highest BCUT2D eigenvalue weighted by molar-refractivity contribution is 6.04. The van der Waals surface area contributed by atoms with Crippen molar-refractivity contribution < 1.29 is 28.7 Å². The zero-order chi connectivity index (χ0) is 21.5. The Hall–Kier alpha value is -2.90. The summed E-state index contributed by atoms with van der Waals surface area (Å²) in [6, 6.07) is 4.92. The number of nitrogens with zero attached hydrogens (tertiary/aromatic N) is 1. The molecule has 2 amide bonds. The number of rotatable bonds is 8. The standard InChI is InChI=1S/C22H28N2O6/c1-2-29-22(28)11-9-18(25)15-8-10-19-17(12-15)24(21(27)14-30-19)13-20(26)23-16-6-4-3-5-7-16/h8,10,12,16H,2-7,9,11,13-14H2,1H3,(H,23,26). The molecule has 0 unspecified atom stereocenters. The van der Waals surface area contributed by atoms with Crippen molar-refractivity contribution in [3.05, 3.63) is 23.8 Å². The minimum atomic E-state index is -0.427. The lowest BCUT2D eigenvalue weighted by Gasteiger charge is -2.30. The molecule has 1 fully saturated rings. The number of ether oxygens (including phenoxy) is 2. The summed E-state index contributed by atoms with van der Waals surface area (Å²) in [5.41, 5.74) is 0.751. The van der Waals surface area contributed by atoms with E-state index < -0.39 is 5.97 Å². The molecule has 0 spiro atoms. The Balaban J connectivity index is 1.68. The molecule has 162 valence electrons. The molecule has 1 aromatic rings. The van der Waals surface area contributed by atoms with Crippen LogP contribution >= 0.6 is 0 Å². The maximum atomic E-state index is 12.5. The van der Waals surface area contributed by atoms with Gasteiger partial charge in [-0.25, -0.2) is 0 Å². The summed E-state index contributed by atoms with van der Waals surface area (Å²) in [6.07, 6.45) is 5.30. The first-order chi connectivity index (χ1) is 14.5. The average molecular weight is 416 g/mol. The highest BCUT2D eigenvalue weighted by Gasteiger charge is 2.29. The van der Waals surface area contributed by atoms with Gasteiger partial charge in [0.1, 0.15) is 12.3 Å². The van der Waals surface area contributed by atoms with Crippen LogP contribution in [0.4, 0.5) is 5.69 Å². The second-order valence-electron chi connectivity index (χ2n) is 7.58. The third-order valence-corrected chi connectivity index (χ3v) is 5.36. The molecule has 0 saturated heterocycles. The molecule has 1 aliphatic heterocycles. The quantitative estimate of drug-likeness (QED) is 0.516. The van der Waals surface area contributed by atoms with E-state index >= 15 is 0 Å². The predicted molar refractivity (Wildman–Crippen MR) is 110 cm³/mol. The predicted octanol–water partition coefficient (Wildman–Crippen LogP) is 2.39. The summed E-state index contributed by atoms with van der Waals surface area (Å²) < 4.78 is 10.3. The van der Waals surface area contributed by atoms with Crippen molar-refractivity contribution in [2.24, 2.45) is 0 Å². The van der Waals surface area contributed by atoms with E-state index in [1.807, 2.05) is 0 Å². The van der Waals surface area contributed by atoms with Gasteiger partial charge < -0.3 is 14.8 Å². The van der Waals surface area contributed by atoms with Gasteiger partial charge in [0.15, 0.2) is 12.4 Å². The van der Waals surface area contributed by atoms with Crippen molar-refractivity contribution in [3.8, 4) is 5.75 Å². The van der Waals surface area contributed by atoms with Crippen LogP contribution in [0, 0.1) is 0 Å². The zero-order valence-electron chi connectivity index (χ0n) is 17.3. The molecule has 1 aliphatic carbocycles. The van der Waals surface area contributed by atoms with E-state index in [0.29, 0.717) is 17.0 Å². The summed E-state index contributed by atoms with van der Waals surface area (Å²) in [5.74, 6) is -0.777. The summed E-state index contributed by atoms with van der Waals surface area (Å²) in [5, 5.41) is 3.01. The molecule has 0 radical (unpaired) electrons. The van der Waals surface area contributed by atoms with E-state index in [0.717, 1.165) is 25.7 Å². The number of carbonyl (C=O) groups excluding carboxylic acids is 4. The van der Waals surface area contributed by atoms with E-state index in [-0.39, 0.29) is 56.2 Å². The number of fused-ring (bicyclic) bond motifs is 1. The number of anilines is 1. The Morgan fingerprint density at radius 2 is 1.93 bits per heavy atom. The van der Waals surface area contributed by atoms with Crippen molar-refractivity contribution >= 4 is 29.3 Å². The second kappa shape index (κ2) is 10.2. The van der Waals surface area contributed by atoms with E-state index in [2.05, 4.69) is 5.32 Å². The topological polar surface area (TPSA) is 102 Å². The molecule has 0 atom stereocenters. The molecule has 3 rings (SSSR count). The van der Waals surface area contributed by atoms with Crippen LogP contribution in [-0.4, -0.2) is 49.4 Å². The molecule has 1 aromatic carbocycles. The monoisotopic (exact) mass is 416 g/mol. The third kappa shape index (κ3) is 5.58. The van der Waals surface area contributed by atoms with Crippen molar-refractivity contribution in [1.29, 1.82) is 0 Å². The Bertz CT molecular complexity index is 816. The molecule has 0 aromatic heterocycles. The molecule has 2 aliphatic rings. The molecule has 0 bridgehead atoms. The van der Waals surface area contributed by atoms with Gasteiger partial charge in [0.25, 0.3) is 5.91 Å². The van der Waals surface area contributed by atoms with Crippen LogP contribution in [0.25, 0.3) is 0 Å². The summed E-state index contributed by atoms with van der Waals surface area (Å²) in [6.45, 7) is 1.70. The lowest BCUT2D eigenvalue weighted by Crippen LogP contribution is -2.47. The first-order valence-corrected chi connectivity index (χ1v) is 10.5. The highest BCUT2D eigenvalue weighted by Crippen LogP contribution is 2.33. The van der Waals surface area contributed by atoms with Crippen molar-refractivity contribution in [1.82, 2.24) is 5.32 Å². The minimum absolute atomic E-state index is 0.00724. The van der Waals surface area contributed by atoms with Crippen molar-refractivity contribution in [2.45, 2.75) is 57.9 Å². The maximum absolute atomic E-state index is 12.5. The van der Waals surface area contributed by atoms with E-state index in [1.54, 1.807) is 25.1 Å². The fraction of sp³-hybridized carbons (Fsp3) is 0.545. The Morgan fingerprint density at radius 3 is 2.67 bits per heavy atom. The molecule has 1 heterocycles. The van der Waals surface area contributed by atoms with Crippen LogP contribution in [0.2, 0.25) is 0 Å². The van der Waals surface area contributed by atoms with Crippen LogP contribution in [0.3, 0.4) is 0 Å². The lowest BCUT2D eigenvalue weighted by atomic mass is 9.95. The summed E-state index contributed by atoms with van der Waals surface area (Å²) >= 11 is 0. The van der Waals surface area contributed by atoms with Crippen molar-refractivity contribution in [2.75, 3.05) is 24.7 Å². The maximum Gasteiger partial charge on any atom is 0.306 e. The Labute approximate surface area is 175 Å². The minimum Gasteiger partial charge on any atom is -0.482 e. The number of hydrogen-bond donors (Lipinski definition) is 1. The van der Waals surface area contributed by atoms with Gasteiger partial charge in [-0.3, -0.25) is 24.1 Å². The largest absolute Gasteiger partial charge is 0.482 e. The Kier molecular flexibility index (Phi) is 7.43. The van der Waals surface area contributed by atoms with Gasteiger partial charge in [-0.05, 0) is 38.0 Å². The van der Waals surface area contributed by atoms with Crippen LogP contribution in [0.5, 0.6) is 5.75 Å². The van der Waals surface area contributed by atoms with Gasteiger partial charge in [-0.15, -0.1) is 0 Å². The third-order valence-electron chi connectivity index (χ3n) is 5.36. The lowest BCUT2D eigenvalue weighted by molar-refractivity contribution is -0.143. The molecular weight excluding hydrogens is 388 g/mol.